The fourth-order valence-electron chi connectivity index (χ4n) is 1.54. The van der Waals surface area contributed by atoms with Crippen molar-refractivity contribution in [3.8, 4) is 11.8 Å². The smallest absolute Gasteiger partial charge is 0.224 e. The summed E-state index contributed by atoms with van der Waals surface area (Å²) < 4.78 is 0. The van der Waals surface area contributed by atoms with Gasteiger partial charge in [-0.15, -0.1) is 17.9 Å². The summed E-state index contributed by atoms with van der Waals surface area (Å²) in [6.45, 7) is 0.763. The van der Waals surface area contributed by atoms with Gasteiger partial charge in [-0.1, -0.05) is 11.9 Å². The summed E-state index contributed by atoms with van der Waals surface area (Å²) in [5.74, 6) is 5.99. The van der Waals surface area contributed by atoms with Gasteiger partial charge >= 0.3 is 0 Å². The molecule has 0 saturated carbocycles. The van der Waals surface area contributed by atoms with E-state index in [1.807, 2.05) is 0 Å². The number of rotatable bonds is 1. The van der Waals surface area contributed by atoms with Crippen LogP contribution >= 0.6 is 0 Å². The van der Waals surface area contributed by atoms with E-state index in [-0.39, 0.29) is 44.5 Å². The Morgan fingerprint density at radius 2 is 2.47 bits per heavy atom. The minimum absolute atomic E-state index is 0. The average molecular weight is 303 g/mol. The standard InChI is InChI=1S/C12H12N3O.Y/c13-10-4-5-11(15-8-10)3-1-2-9-6-7-14-12(9)16;/h5,8-9H,2,6-7,13H2,(H,14,16);/q-1;. The molecule has 5 heteroatoms. The van der Waals surface area contributed by atoms with Crippen molar-refractivity contribution in [1.82, 2.24) is 10.3 Å². The van der Waals surface area contributed by atoms with Crippen LogP contribution in [0.15, 0.2) is 12.3 Å². The van der Waals surface area contributed by atoms with Crippen LogP contribution in [0.5, 0.6) is 0 Å². The fourth-order valence-corrected chi connectivity index (χ4v) is 1.54. The number of amides is 1. The maximum absolute atomic E-state index is 11.2. The molecule has 1 aromatic rings. The minimum atomic E-state index is 0. The molecule has 4 nitrogen and oxygen atoms in total. The van der Waals surface area contributed by atoms with Gasteiger partial charge in [-0.2, -0.15) is 6.07 Å². The summed E-state index contributed by atoms with van der Waals surface area (Å²) in [7, 11) is 0. The number of hydrogen-bond acceptors (Lipinski definition) is 3. The third-order valence-electron chi connectivity index (χ3n) is 2.45. The van der Waals surface area contributed by atoms with E-state index in [4.69, 9.17) is 5.73 Å². The third kappa shape index (κ3) is 4.10. The van der Waals surface area contributed by atoms with Gasteiger partial charge in [-0.3, -0.25) is 4.79 Å². The van der Waals surface area contributed by atoms with E-state index >= 15 is 0 Å². The summed E-state index contributed by atoms with van der Waals surface area (Å²) in [4.78, 5) is 15.3. The van der Waals surface area contributed by atoms with E-state index in [9.17, 15) is 4.79 Å². The molecule has 1 unspecified atom stereocenters. The molecule has 0 bridgehead atoms. The Morgan fingerprint density at radius 1 is 1.65 bits per heavy atom. The number of nitrogens with zero attached hydrogens (tertiary/aromatic N) is 1. The first-order valence-corrected chi connectivity index (χ1v) is 5.15. The van der Waals surface area contributed by atoms with E-state index in [2.05, 4.69) is 28.2 Å². The molecule has 1 amide bonds. The third-order valence-corrected chi connectivity index (χ3v) is 2.45. The second-order valence-electron chi connectivity index (χ2n) is 3.67. The number of pyridine rings is 1. The predicted octanol–water partition coefficient (Wildman–Crippen LogP) is 0.339. The molecule has 1 radical (unpaired) electrons. The van der Waals surface area contributed by atoms with E-state index in [1.165, 1.54) is 6.20 Å². The fraction of sp³-hybridized carbons (Fsp3) is 0.333. The van der Waals surface area contributed by atoms with Crippen LogP contribution in [0.3, 0.4) is 0 Å². The zero-order valence-corrected chi connectivity index (χ0v) is 12.2. The summed E-state index contributed by atoms with van der Waals surface area (Å²) in [5, 5.41) is 2.78. The van der Waals surface area contributed by atoms with Gasteiger partial charge in [0.2, 0.25) is 5.91 Å². The molecule has 0 aromatic carbocycles. The van der Waals surface area contributed by atoms with Crippen LogP contribution in [0.1, 0.15) is 18.5 Å². The Kier molecular flexibility index (Phi) is 5.60. The Bertz CT molecular complexity index is 447. The predicted molar refractivity (Wildman–Crippen MR) is 60.1 cm³/mol. The van der Waals surface area contributed by atoms with Crippen LogP contribution in [0.2, 0.25) is 0 Å². The molecule has 2 rings (SSSR count). The monoisotopic (exact) mass is 303 g/mol. The minimum Gasteiger partial charge on any atom is -0.418 e. The van der Waals surface area contributed by atoms with Crippen molar-refractivity contribution in [1.29, 1.82) is 0 Å². The van der Waals surface area contributed by atoms with Crippen LogP contribution in [-0.2, 0) is 37.5 Å². The second-order valence-corrected chi connectivity index (χ2v) is 3.67. The molecule has 1 aliphatic heterocycles. The Hall–Kier alpha value is -0.916. The van der Waals surface area contributed by atoms with Crippen LogP contribution in [0.4, 0.5) is 5.69 Å². The molecule has 85 valence electrons. The number of carbonyl (C=O) groups excluding carboxylic acids is 1. The van der Waals surface area contributed by atoms with Gasteiger partial charge < -0.3 is 16.0 Å². The summed E-state index contributed by atoms with van der Waals surface area (Å²) in [5.41, 5.74) is 6.59. The number of aromatic nitrogens is 1. The van der Waals surface area contributed by atoms with Gasteiger partial charge in [-0.25, -0.2) is 0 Å². The van der Waals surface area contributed by atoms with Gasteiger partial charge in [0.15, 0.2) is 0 Å². The number of nitrogens with two attached hydrogens (primary N) is 1. The van der Waals surface area contributed by atoms with Crippen molar-refractivity contribution >= 4 is 11.6 Å². The molecule has 1 atom stereocenters. The van der Waals surface area contributed by atoms with E-state index in [1.54, 1.807) is 6.07 Å². The van der Waals surface area contributed by atoms with Crippen LogP contribution in [-0.4, -0.2) is 17.4 Å². The van der Waals surface area contributed by atoms with Gasteiger partial charge in [-0.05, 0) is 12.1 Å². The van der Waals surface area contributed by atoms with Crippen LogP contribution in [0.25, 0.3) is 0 Å². The Morgan fingerprint density at radius 3 is 3.06 bits per heavy atom. The summed E-state index contributed by atoms with van der Waals surface area (Å²) in [6.07, 6.45) is 2.97. The van der Waals surface area contributed by atoms with Crippen molar-refractivity contribution in [3.05, 3.63) is 24.0 Å². The summed E-state index contributed by atoms with van der Waals surface area (Å²) >= 11 is 0. The molecule has 1 fully saturated rings. The number of nitrogens with one attached hydrogen (secondary N) is 1. The molecule has 3 N–H and O–H groups in total. The molecule has 17 heavy (non-hydrogen) atoms. The maximum atomic E-state index is 11.2. The average Bonchev–Trinajstić information content (AvgIpc) is 2.68. The number of anilines is 1. The SMILES string of the molecule is Nc1[c-]cc(C#CCC2CCNC2=O)nc1.[Y]. The zero-order valence-electron chi connectivity index (χ0n) is 9.36. The molecule has 1 saturated heterocycles. The van der Waals surface area contributed by atoms with E-state index < -0.39 is 0 Å². The number of carbonyl (C=O) groups is 1. The molecule has 1 aliphatic rings. The van der Waals surface area contributed by atoms with Crippen molar-refractivity contribution in [3.63, 3.8) is 0 Å². The first kappa shape index (κ1) is 14.1. The normalized spacial score (nSPS) is 17.6. The van der Waals surface area contributed by atoms with Crippen molar-refractivity contribution in [2.45, 2.75) is 12.8 Å². The maximum Gasteiger partial charge on any atom is 0.224 e. The van der Waals surface area contributed by atoms with Crippen molar-refractivity contribution < 1.29 is 37.5 Å². The van der Waals surface area contributed by atoms with E-state index in [0.29, 0.717) is 17.8 Å². The first-order chi connectivity index (χ1) is 7.75. The second kappa shape index (κ2) is 6.73. The van der Waals surface area contributed by atoms with Gasteiger partial charge in [0.05, 0.1) is 5.92 Å². The molecule has 0 spiro atoms. The number of nitrogen functional groups attached to an aromatic ring is 1. The van der Waals surface area contributed by atoms with Crippen molar-refractivity contribution in [2.24, 2.45) is 5.92 Å². The van der Waals surface area contributed by atoms with Gasteiger partial charge in [0.1, 0.15) is 0 Å². The zero-order chi connectivity index (χ0) is 11.4. The topological polar surface area (TPSA) is 68.0 Å². The van der Waals surface area contributed by atoms with Gasteiger partial charge in [0, 0.05) is 45.7 Å². The molecular formula is C12H12N3OY-. The molecular weight excluding hydrogens is 291 g/mol. The van der Waals surface area contributed by atoms with E-state index in [0.717, 1.165) is 13.0 Å². The number of hydrogen-bond donors (Lipinski definition) is 2. The molecule has 0 aliphatic carbocycles. The van der Waals surface area contributed by atoms with Crippen molar-refractivity contribution in [2.75, 3.05) is 12.3 Å². The molecule has 1 aromatic heterocycles. The Balaban J connectivity index is 0.00000144. The quantitative estimate of drug-likeness (QED) is 0.581. The Labute approximate surface area is 126 Å². The van der Waals surface area contributed by atoms with Crippen LogP contribution in [0, 0.1) is 23.8 Å². The van der Waals surface area contributed by atoms with Crippen LogP contribution < -0.4 is 11.1 Å². The molecule has 2 heterocycles. The van der Waals surface area contributed by atoms with Gasteiger partial charge in [0.25, 0.3) is 0 Å². The summed E-state index contributed by atoms with van der Waals surface area (Å²) in [6, 6.07) is 4.47. The largest absolute Gasteiger partial charge is 0.418 e. The first-order valence-electron chi connectivity index (χ1n) is 5.15.